The highest BCUT2D eigenvalue weighted by molar-refractivity contribution is 5.91. The molecular weight excluding hydrogens is 801 g/mol. The summed E-state index contributed by atoms with van der Waals surface area (Å²) < 4.78 is 12.2. The Labute approximate surface area is 376 Å². The predicted molar refractivity (Wildman–Crippen MR) is 244 cm³/mol. The largest absolute Gasteiger partial charge is 0.379 e. The topological polar surface area (TPSA) is 159 Å². The summed E-state index contributed by atoms with van der Waals surface area (Å²) in [5.41, 5.74) is 1.74. The number of benzene rings is 2. The Bertz CT molecular complexity index is 1720. The van der Waals surface area contributed by atoms with Crippen LogP contribution in [0, 0.1) is 23.7 Å². The molecule has 2 aromatic carbocycles. The molecule has 9 atom stereocenters. The monoisotopic (exact) mass is 877 g/mol. The van der Waals surface area contributed by atoms with Gasteiger partial charge >= 0.3 is 0 Å². The molecular formula is C49H76N6O8. The van der Waals surface area contributed by atoms with Crippen molar-refractivity contribution in [2.75, 3.05) is 48.0 Å². The van der Waals surface area contributed by atoms with Crippen LogP contribution in [-0.4, -0.2) is 135 Å². The minimum Gasteiger partial charge on any atom is -0.379 e. The zero-order valence-corrected chi connectivity index (χ0v) is 39.7. The van der Waals surface area contributed by atoms with E-state index in [1.807, 2.05) is 102 Å². The minimum absolute atomic E-state index is 0.00718. The summed E-state index contributed by atoms with van der Waals surface area (Å²) in [7, 11) is 6.57. The number of methoxy groups -OCH3 is 2. The van der Waals surface area contributed by atoms with Crippen LogP contribution >= 0.6 is 0 Å². The number of hydrogen-bond donors (Lipinski definition) is 3. The Kier molecular flexibility index (Phi) is 20.0. The van der Waals surface area contributed by atoms with Crippen molar-refractivity contribution in [3.8, 4) is 0 Å². The van der Waals surface area contributed by atoms with Gasteiger partial charge < -0.3 is 35.2 Å². The van der Waals surface area contributed by atoms with Gasteiger partial charge in [0.25, 0.3) is 5.91 Å². The van der Waals surface area contributed by atoms with Gasteiger partial charge in [0.15, 0.2) is 0 Å². The molecule has 2 heterocycles. The van der Waals surface area contributed by atoms with E-state index in [9.17, 15) is 24.0 Å². The smallest absolute Gasteiger partial charge is 0.269 e. The average molecular weight is 877 g/mol. The van der Waals surface area contributed by atoms with Gasteiger partial charge in [0.05, 0.1) is 49.3 Å². The number of hydrogen-bond acceptors (Lipinski definition) is 9. The van der Waals surface area contributed by atoms with Gasteiger partial charge in [-0.25, -0.2) is 5.06 Å². The van der Waals surface area contributed by atoms with Gasteiger partial charge in [-0.1, -0.05) is 116 Å². The van der Waals surface area contributed by atoms with Crippen molar-refractivity contribution in [1.29, 1.82) is 0 Å². The second kappa shape index (κ2) is 24.6. The van der Waals surface area contributed by atoms with Crippen LogP contribution in [0.1, 0.15) is 104 Å². The number of likely N-dealkylation sites (N-methyl/N-ethyl adjacent to an activating group) is 2. The van der Waals surface area contributed by atoms with Crippen LogP contribution in [0.2, 0.25) is 0 Å². The summed E-state index contributed by atoms with van der Waals surface area (Å²) in [6, 6.07) is 16.2. The standard InChI is InChI=1S/C49H76N6O8/c1-12-33(6)44(53(9)48(59)42(32(4)5)51-47(58)41(50-8)31(2)3)38(61-10)30-39(56)54-27-21-26-37(54)45(62-11)34(7)46(57)52-43(49(60)55-28-19-20-29-63-55)40(35-22-15-13-16-23-35)36-24-17-14-18-25-36/h13-18,22-25,31-34,37-38,40-45,50H,12,19-21,26-30H2,1-11H3,(H,51,58)(H,52,57)/t33-,34+,37-,38+,41-,42-,43-,44?,45+/m0/s1. The molecule has 2 aliphatic rings. The number of rotatable bonds is 22. The molecule has 0 aliphatic carbocycles. The molecule has 350 valence electrons. The third-order valence-electron chi connectivity index (χ3n) is 13.2. The SMILES string of the molecule is CC[C@H](C)C([C@@H](CC(=O)N1CCC[C@H]1[C@H](OC)[C@@H](C)C(=O)N[C@H](C(=O)N1CCCCO1)C(c1ccccc1)c1ccccc1)OC)N(C)C(=O)[C@@H](NC(=O)[C@@H](NC)C(C)C)C(C)C. The van der Waals surface area contributed by atoms with E-state index in [0.29, 0.717) is 32.5 Å². The molecule has 14 heteroatoms. The van der Waals surface area contributed by atoms with Crippen LogP contribution in [-0.2, 0) is 38.3 Å². The Morgan fingerprint density at radius 1 is 0.778 bits per heavy atom. The average Bonchev–Trinajstić information content (AvgIpc) is 3.78. The molecule has 1 unspecified atom stereocenters. The Morgan fingerprint density at radius 2 is 1.37 bits per heavy atom. The first-order chi connectivity index (χ1) is 30.1. The first-order valence-corrected chi connectivity index (χ1v) is 23.0. The van der Waals surface area contributed by atoms with Crippen LogP contribution < -0.4 is 16.0 Å². The Balaban J connectivity index is 1.57. The maximum absolute atomic E-state index is 14.6. The molecule has 0 spiro atoms. The van der Waals surface area contributed by atoms with Gasteiger partial charge in [-0.3, -0.25) is 28.8 Å². The van der Waals surface area contributed by atoms with E-state index < -0.39 is 54.3 Å². The van der Waals surface area contributed by atoms with Gasteiger partial charge in [-0.15, -0.1) is 0 Å². The van der Waals surface area contributed by atoms with E-state index in [-0.39, 0.29) is 53.7 Å². The fourth-order valence-corrected chi connectivity index (χ4v) is 9.45. The zero-order valence-electron chi connectivity index (χ0n) is 39.7. The first kappa shape index (κ1) is 51.3. The number of nitrogens with zero attached hydrogens (tertiary/aromatic N) is 3. The lowest BCUT2D eigenvalue weighted by Gasteiger charge is -2.41. The zero-order chi connectivity index (χ0) is 46.4. The summed E-state index contributed by atoms with van der Waals surface area (Å²) in [6.45, 7) is 14.9. The van der Waals surface area contributed by atoms with Crippen LogP contribution in [0.15, 0.2) is 60.7 Å². The van der Waals surface area contributed by atoms with Crippen LogP contribution in [0.25, 0.3) is 0 Å². The summed E-state index contributed by atoms with van der Waals surface area (Å²) in [6.07, 6.45) is 2.33. The number of hydroxylamine groups is 2. The van der Waals surface area contributed by atoms with Crippen LogP contribution in [0.5, 0.6) is 0 Å². The van der Waals surface area contributed by atoms with E-state index in [1.165, 1.54) is 5.06 Å². The van der Waals surface area contributed by atoms with Crippen LogP contribution in [0.3, 0.4) is 0 Å². The van der Waals surface area contributed by atoms with Crippen LogP contribution in [0.4, 0.5) is 0 Å². The summed E-state index contributed by atoms with van der Waals surface area (Å²) in [4.78, 5) is 80.5. The van der Waals surface area contributed by atoms with E-state index in [2.05, 4.69) is 16.0 Å². The lowest BCUT2D eigenvalue weighted by atomic mass is 9.83. The quantitative estimate of drug-likeness (QED) is 0.145. The molecule has 4 rings (SSSR count). The highest BCUT2D eigenvalue weighted by Gasteiger charge is 2.44. The normalized spacial score (nSPS) is 19.5. The van der Waals surface area contributed by atoms with Crippen molar-refractivity contribution in [1.82, 2.24) is 30.8 Å². The first-order valence-electron chi connectivity index (χ1n) is 23.0. The minimum atomic E-state index is -0.995. The van der Waals surface area contributed by atoms with Crippen molar-refractivity contribution < 1.29 is 38.3 Å². The van der Waals surface area contributed by atoms with Crippen molar-refractivity contribution in [2.24, 2.45) is 23.7 Å². The highest BCUT2D eigenvalue weighted by atomic mass is 16.7. The second-order valence-corrected chi connectivity index (χ2v) is 18.1. The number of likely N-dealkylation sites (tertiary alicyclic amines) is 1. The molecule has 0 aromatic heterocycles. The molecule has 2 aliphatic heterocycles. The van der Waals surface area contributed by atoms with Gasteiger partial charge in [-0.05, 0) is 61.6 Å². The summed E-state index contributed by atoms with van der Waals surface area (Å²) >= 11 is 0. The van der Waals surface area contributed by atoms with Gasteiger partial charge in [-0.2, -0.15) is 0 Å². The molecule has 2 fully saturated rings. The van der Waals surface area contributed by atoms with E-state index in [4.69, 9.17) is 14.3 Å². The fraction of sp³-hybridized carbons (Fsp3) is 0.653. The Hall–Kier alpha value is -4.37. The van der Waals surface area contributed by atoms with Gasteiger partial charge in [0.1, 0.15) is 12.1 Å². The van der Waals surface area contributed by atoms with E-state index >= 15 is 0 Å². The molecule has 3 N–H and O–H groups in total. The lowest BCUT2D eigenvalue weighted by Crippen LogP contribution is -2.59. The van der Waals surface area contributed by atoms with E-state index in [0.717, 1.165) is 30.4 Å². The predicted octanol–water partition coefficient (Wildman–Crippen LogP) is 5.16. The van der Waals surface area contributed by atoms with E-state index in [1.54, 1.807) is 45.0 Å². The molecule has 0 saturated carbocycles. The van der Waals surface area contributed by atoms with Gasteiger partial charge in [0, 0.05) is 40.3 Å². The molecule has 14 nitrogen and oxygen atoms in total. The Morgan fingerprint density at radius 3 is 1.86 bits per heavy atom. The lowest BCUT2D eigenvalue weighted by molar-refractivity contribution is -0.199. The molecule has 0 radical (unpaired) electrons. The number of carbonyl (C=O) groups excluding carboxylic acids is 5. The van der Waals surface area contributed by atoms with Gasteiger partial charge in [0.2, 0.25) is 23.6 Å². The number of amides is 5. The maximum atomic E-state index is 14.6. The number of carbonyl (C=O) groups is 5. The fourth-order valence-electron chi connectivity index (χ4n) is 9.45. The highest BCUT2D eigenvalue weighted by Crippen LogP contribution is 2.33. The number of ether oxygens (including phenoxy) is 2. The molecule has 5 amide bonds. The number of nitrogens with one attached hydrogen (secondary N) is 3. The van der Waals surface area contributed by atoms with Crippen molar-refractivity contribution in [3.63, 3.8) is 0 Å². The van der Waals surface area contributed by atoms with Crippen molar-refractivity contribution in [3.05, 3.63) is 71.8 Å². The van der Waals surface area contributed by atoms with Crippen molar-refractivity contribution >= 4 is 29.5 Å². The van der Waals surface area contributed by atoms with Crippen molar-refractivity contribution in [2.45, 2.75) is 135 Å². The summed E-state index contributed by atoms with van der Waals surface area (Å²) in [5.74, 6) is -2.86. The third kappa shape index (κ3) is 12.9. The molecule has 0 bridgehead atoms. The maximum Gasteiger partial charge on any atom is 0.269 e. The summed E-state index contributed by atoms with van der Waals surface area (Å²) in [5, 5.41) is 10.6. The molecule has 2 saturated heterocycles. The third-order valence-corrected chi connectivity index (χ3v) is 13.2. The molecule has 63 heavy (non-hydrogen) atoms. The second-order valence-electron chi connectivity index (χ2n) is 18.1. The molecule has 2 aromatic rings.